The van der Waals surface area contributed by atoms with E-state index >= 15 is 0 Å². The average molecular weight is 366 g/mol. The summed E-state index contributed by atoms with van der Waals surface area (Å²) in [5.74, 6) is -2.68. The highest BCUT2D eigenvalue weighted by molar-refractivity contribution is 6.38. The van der Waals surface area contributed by atoms with E-state index in [-0.39, 0.29) is 24.9 Å². The number of Topliss-reactive ketones (excluding diaryl/α,β-unsaturated/α-hetero) is 1. The molecule has 9 nitrogen and oxygen atoms in total. The molecule has 9 heteroatoms. The van der Waals surface area contributed by atoms with E-state index in [4.69, 9.17) is 0 Å². The molecular formula is C17H26N4O5. The van der Waals surface area contributed by atoms with Crippen molar-refractivity contribution in [2.45, 2.75) is 57.0 Å². The SMILES string of the molecule is O=CNCC(=O)NC(CC1CCNC1=O)C(=O)C(=O)NC1CCCCC1. The number of carbonyl (C=O) groups is 5. The molecule has 1 saturated carbocycles. The van der Waals surface area contributed by atoms with Crippen molar-refractivity contribution >= 4 is 29.9 Å². The molecule has 144 valence electrons. The molecule has 0 aromatic carbocycles. The molecule has 1 heterocycles. The normalized spacial score (nSPS) is 21.4. The van der Waals surface area contributed by atoms with E-state index in [9.17, 15) is 24.0 Å². The third kappa shape index (κ3) is 5.82. The van der Waals surface area contributed by atoms with Gasteiger partial charge in [0, 0.05) is 18.5 Å². The van der Waals surface area contributed by atoms with Gasteiger partial charge in [-0.3, -0.25) is 24.0 Å². The summed E-state index contributed by atoms with van der Waals surface area (Å²) >= 11 is 0. The quantitative estimate of drug-likeness (QED) is 0.299. The van der Waals surface area contributed by atoms with E-state index < -0.39 is 29.6 Å². The van der Waals surface area contributed by atoms with Crippen LogP contribution in [0.2, 0.25) is 0 Å². The molecule has 2 fully saturated rings. The van der Waals surface area contributed by atoms with Gasteiger partial charge >= 0.3 is 0 Å². The number of hydrogen-bond acceptors (Lipinski definition) is 5. The highest BCUT2D eigenvalue weighted by atomic mass is 16.2. The summed E-state index contributed by atoms with van der Waals surface area (Å²) in [4.78, 5) is 58.8. The van der Waals surface area contributed by atoms with Gasteiger partial charge in [-0.25, -0.2) is 0 Å². The number of nitrogens with one attached hydrogen (secondary N) is 4. The molecule has 0 aromatic heterocycles. The second-order valence-corrected chi connectivity index (χ2v) is 6.80. The Morgan fingerprint density at radius 1 is 1.15 bits per heavy atom. The van der Waals surface area contributed by atoms with Gasteiger partial charge in [0.2, 0.25) is 24.0 Å². The monoisotopic (exact) mass is 366 g/mol. The lowest BCUT2D eigenvalue weighted by atomic mass is 9.93. The third-order valence-corrected chi connectivity index (χ3v) is 4.84. The standard InChI is InChI=1S/C17H26N4O5/c22-10-18-9-14(23)21-13(8-11-6-7-19-16(11)25)15(24)17(26)20-12-4-2-1-3-5-12/h10-13H,1-9H2,(H,18,22)(H,19,25)(H,20,26)(H,21,23). The van der Waals surface area contributed by atoms with Gasteiger partial charge in [0.1, 0.15) is 0 Å². The molecule has 1 aliphatic carbocycles. The van der Waals surface area contributed by atoms with Crippen molar-refractivity contribution in [3.8, 4) is 0 Å². The Labute approximate surface area is 152 Å². The lowest BCUT2D eigenvalue weighted by molar-refractivity contribution is -0.141. The van der Waals surface area contributed by atoms with Crippen LogP contribution in [0.3, 0.4) is 0 Å². The Bertz CT molecular complexity index is 559. The molecule has 1 aliphatic heterocycles. The summed E-state index contributed by atoms with van der Waals surface area (Å²) in [6, 6.07) is -1.11. The second kappa shape index (κ2) is 9.88. The second-order valence-electron chi connectivity index (χ2n) is 6.80. The summed E-state index contributed by atoms with van der Waals surface area (Å²) in [7, 11) is 0. The van der Waals surface area contributed by atoms with E-state index in [0.717, 1.165) is 32.1 Å². The van der Waals surface area contributed by atoms with Gasteiger partial charge in [0.15, 0.2) is 0 Å². The third-order valence-electron chi connectivity index (χ3n) is 4.84. The van der Waals surface area contributed by atoms with Gasteiger partial charge < -0.3 is 21.3 Å². The molecule has 2 atom stereocenters. The fourth-order valence-electron chi connectivity index (χ4n) is 3.43. The fourth-order valence-corrected chi connectivity index (χ4v) is 3.43. The van der Waals surface area contributed by atoms with Crippen LogP contribution in [0.1, 0.15) is 44.9 Å². The predicted octanol–water partition coefficient (Wildman–Crippen LogP) is -1.24. The largest absolute Gasteiger partial charge is 0.356 e. The summed E-state index contributed by atoms with van der Waals surface area (Å²) in [5, 5.41) is 10.1. The van der Waals surface area contributed by atoms with Crippen LogP contribution in [0.5, 0.6) is 0 Å². The Kier molecular flexibility index (Phi) is 7.55. The molecule has 4 amide bonds. The minimum absolute atomic E-state index is 0.0249. The van der Waals surface area contributed by atoms with Crippen molar-refractivity contribution in [2.75, 3.05) is 13.1 Å². The van der Waals surface area contributed by atoms with E-state index in [1.165, 1.54) is 0 Å². The zero-order valence-electron chi connectivity index (χ0n) is 14.7. The number of rotatable bonds is 9. The van der Waals surface area contributed by atoms with Crippen LogP contribution in [0.15, 0.2) is 0 Å². The summed E-state index contributed by atoms with van der Waals surface area (Å²) in [5.41, 5.74) is 0. The first-order valence-electron chi connectivity index (χ1n) is 9.10. The van der Waals surface area contributed by atoms with E-state index in [0.29, 0.717) is 19.4 Å². The van der Waals surface area contributed by atoms with Crippen LogP contribution in [-0.2, 0) is 24.0 Å². The molecule has 0 spiro atoms. The molecule has 0 radical (unpaired) electrons. The lowest BCUT2D eigenvalue weighted by Gasteiger charge is -2.24. The molecular weight excluding hydrogens is 340 g/mol. The average Bonchev–Trinajstić information content (AvgIpc) is 3.04. The van der Waals surface area contributed by atoms with Crippen molar-refractivity contribution in [3.05, 3.63) is 0 Å². The number of hydrogen-bond donors (Lipinski definition) is 4. The molecule has 26 heavy (non-hydrogen) atoms. The van der Waals surface area contributed by atoms with Crippen LogP contribution in [0.4, 0.5) is 0 Å². The van der Waals surface area contributed by atoms with Gasteiger partial charge in [-0.15, -0.1) is 0 Å². The molecule has 2 unspecified atom stereocenters. The van der Waals surface area contributed by atoms with Gasteiger partial charge in [-0.1, -0.05) is 19.3 Å². The van der Waals surface area contributed by atoms with E-state index in [1.54, 1.807) is 0 Å². The Morgan fingerprint density at radius 3 is 2.50 bits per heavy atom. The first-order valence-corrected chi connectivity index (χ1v) is 9.10. The molecule has 4 N–H and O–H groups in total. The maximum atomic E-state index is 12.6. The predicted molar refractivity (Wildman–Crippen MR) is 91.8 cm³/mol. The Morgan fingerprint density at radius 2 is 1.88 bits per heavy atom. The maximum absolute atomic E-state index is 12.6. The Balaban J connectivity index is 1.98. The van der Waals surface area contributed by atoms with Gasteiger partial charge in [-0.05, 0) is 25.7 Å². The fraction of sp³-hybridized carbons (Fsp3) is 0.706. The van der Waals surface area contributed by atoms with Crippen LogP contribution in [0, 0.1) is 5.92 Å². The van der Waals surface area contributed by atoms with Gasteiger partial charge in [-0.2, -0.15) is 0 Å². The smallest absolute Gasteiger partial charge is 0.289 e. The summed E-state index contributed by atoms with van der Waals surface area (Å²) < 4.78 is 0. The van der Waals surface area contributed by atoms with Crippen molar-refractivity contribution in [1.82, 2.24) is 21.3 Å². The van der Waals surface area contributed by atoms with Crippen LogP contribution in [-0.4, -0.2) is 55.1 Å². The lowest BCUT2D eigenvalue weighted by Crippen LogP contribution is -2.52. The molecule has 2 aliphatic rings. The Hall–Kier alpha value is -2.45. The summed E-state index contributed by atoms with van der Waals surface area (Å²) in [6.45, 7) is 0.216. The minimum atomic E-state index is -1.09. The van der Waals surface area contributed by atoms with Gasteiger partial charge in [0.25, 0.3) is 5.91 Å². The highest BCUT2D eigenvalue weighted by Gasteiger charge is 2.34. The minimum Gasteiger partial charge on any atom is -0.356 e. The number of ketones is 1. The van der Waals surface area contributed by atoms with Crippen LogP contribution >= 0.6 is 0 Å². The van der Waals surface area contributed by atoms with E-state index in [1.807, 2.05) is 0 Å². The van der Waals surface area contributed by atoms with Crippen molar-refractivity contribution in [2.24, 2.45) is 5.92 Å². The van der Waals surface area contributed by atoms with Crippen molar-refractivity contribution in [1.29, 1.82) is 0 Å². The topological polar surface area (TPSA) is 133 Å². The summed E-state index contributed by atoms with van der Waals surface area (Å²) in [6.07, 6.45) is 5.81. The van der Waals surface area contributed by atoms with Crippen molar-refractivity contribution in [3.63, 3.8) is 0 Å². The number of amides is 4. The molecule has 0 bridgehead atoms. The number of carbonyl (C=O) groups excluding carboxylic acids is 5. The van der Waals surface area contributed by atoms with Crippen molar-refractivity contribution < 1.29 is 24.0 Å². The van der Waals surface area contributed by atoms with Gasteiger partial charge in [0.05, 0.1) is 12.6 Å². The molecule has 2 rings (SSSR count). The van der Waals surface area contributed by atoms with E-state index in [2.05, 4.69) is 21.3 Å². The first-order chi connectivity index (χ1) is 12.5. The van der Waals surface area contributed by atoms with Crippen LogP contribution in [0.25, 0.3) is 0 Å². The molecule has 0 aromatic rings. The molecule has 1 saturated heterocycles. The highest BCUT2D eigenvalue weighted by Crippen LogP contribution is 2.19. The zero-order valence-corrected chi connectivity index (χ0v) is 14.7. The maximum Gasteiger partial charge on any atom is 0.289 e. The van der Waals surface area contributed by atoms with Crippen LogP contribution < -0.4 is 21.3 Å². The first kappa shape index (κ1) is 19.9. The zero-order chi connectivity index (χ0) is 18.9.